The van der Waals surface area contributed by atoms with Gasteiger partial charge in [-0.1, -0.05) is 36.7 Å². The number of urea groups is 1. The van der Waals surface area contributed by atoms with Gasteiger partial charge in [0, 0.05) is 0 Å². The van der Waals surface area contributed by atoms with Gasteiger partial charge in [0.15, 0.2) is 0 Å². The van der Waals surface area contributed by atoms with Crippen molar-refractivity contribution in [3.8, 4) is 0 Å². The van der Waals surface area contributed by atoms with Crippen molar-refractivity contribution < 1.29 is 18.8 Å². The average Bonchev–Trinajstić information content (AvgIpc) is 2.90. The third-order valence-electron chi connectivity index (χ3n) is 4.74. The first-order valence-corrected chi connectivity index (χ1v) is 9.11. The van der Waals surface area contributed by atoms with E-state index in [1.165, 1.54) is 24.3 Å². The van der Waals surface area contributed by atoms with E-state index in [4.69, 9.17) is 11.6 Å². The number of nitrogens with zero attached hydrogens (tertiary/aromatic N) is 1. The van der Waals surface area contributed by atoms with E-state index in [9.17, 15) is 18.8 Å². The van der Waals surface area contributed by atoms with Gasteiger partial charge in [-0.25, -0.2) is 9.18 Å². The number of halogens is 2. The maximum atomic E-state index is 13.2. The molecular formula is C20H19ClFN3O3. The van der Waals surface area contributed by atoms with Crippen LogP contribution in [0.2, 0.25) is 5.02 Å². The van der Waals surface area contributed by atoms with Gasteiger partial charge in [-0.3, -0.25) is 14.5 Å². The molecule has 1 fully saturated rings. The Labute approximate surface area is 166 Å². The SMILES string of the molecule is CC[C@]1(c2ccc(F)cc2)NC(=O)N(CC(=O)Nc2ccc(C)cc2Cl)C1=O. The molecule has 8 heteroatoms. The van der Waals surface area contributed by atoms with Crippen molar-refractivity contribution in [3.63, 3.8) is 0 Å². The van der Waals surface area contributed by atoms with Crippen molar-refractivity contribution in [3.05, 3.63) is 64.4 Å². The first-order valence-electron chi connectivity index (χ1n) is 8.73. The quantitative estimate of drug-likeness (QED) is 0.749. The summed E-state index contributed by atoms with van der Waals surface area (Å²) >= 11 is 6.10. The Bertz CT molecular complexity index is 948. The molecule has 4 amide bonds. The summed E-state index contributed by atoms with van der Waals surface area (Å²) in [5, 5.41) is 5.61. The van der Waals surface area contributed by atoms with Crippen LogP contribution in [0.5, 0.6) is 0 Å². The van der Waals surface area contributed by atoms with Crippen molar-refractivity contribution in [1.29, 1.82) is 0 Å². The average molecular weight is 404 g/mol. The number of aryl methyl sites for hydroxylation is 1. The molecule has 6 nitrogen and oxygen atoms in total. The molecule has 28 heavy (non-hydrogen) atoms. The van der Waals surface area contributed by atoms with E-state index in [1.54, 1.807) is 25.1 Å². The van der Waals surface area contributed by atoms with Gasteiger partial charge in [0.25, 0.3) is 5.91 Å². The van der Waals surface area contributed by atoms with Gasteiger partial charge in [0.1, 0.15) is 17.9 Å². The predicted octanol–water partition coefficient (Wildman–Crippen LogP) is 3.58. The molecule has 0 radical (unpaired) electrons. The summed E-state index contributed by atoms with van der Waals surface area (Å²) in [5.41, 5.74) is 0.458. The molecule has 0 unspecified atom stereocenters. The molecule has 0 spiro atoms. The minimum absolute atomic E-state index is 0.255. The number of carbonyl (C=O) groups excluding carboxylic acids is 3. The van der Waals surface area contributed by atoms with Crippen molar-refractivity contribution in [2.24, 2.45) is 0 Å². The zero-order valence-corrected chi connectivity index (χ0v) is 16.1. The van der Waals surface area contributed by atoms with Crippen molar-refractivity contribution in [1.82, 2.24) is 10.2 Å². The number of amides is 4. The summed E-state index contributed by atoms with van der Waals surface area (Å²) in [6.07, 6.45) is 0.255. The van der Waals surface area contributed by atoms with Crippen LogP contribution in [-0.2, 0) is 15.1 Å². The zero-order chi connectivity index (χ0) is 20.5. The molecule has 1 atom stereocenters. The Morgan fingerprint density at radius 3 is 2.50 bits per heavy atom. The van der Waals surface area contributed by atoms with Crippen LogP contribution in [-0.4, -0.2) is 29.3 Å². The molecule has 1 aliphatic heterocycles. The fourth-order valence-electron chi connectivity index (χ4n) is 3.20. The van der Waals surface area contributed by atoms with Crippen LogP contribution in [0.25, 0.3) is 0 Å². The summed E-state index contributed by atoms with van der Waals surface area (Å²) < 4.78 is 13.2. The van der Waals surface area contributed by atoms with Crippen molar-refractivity contribution in [2.75, 3.05) is 11.9 Å². The fraction of sp³-hybridized carbons (Fsp3) is 0.250. The van der Waals surface area contributed by atoms with Gasteiger partial charge in [-0.05, 0) is 48.7 Å². The van der Waals surface area contributed by atoms with Crippen LogP contribution in [0.4, 0.5) is 14.9 Å². The van der Waals surface area contributed by atoms with Crippen molar-refractivity contribution in [2.45, 2.75) is 25.8 Å². The van der Waals surface area contributed by atoms with Crippen LogP contribution in [0.3, 0.4) is 0 Å². The number of rotatable bonds is 5. The number of imide groups is 1. The van der Waals surface area contributed by atoms with Crippen LogP contribution < -0.4 is 10.6 Å². The molecule has 0 aliphatic carbocycles. The number of carbonyl (C=O) groups is 3. The molecule has 146 valence electrons. The molecule has 0 aromatic heterocycles. The summed E-state index contributed by atoms with van der Waals surface area (Å²) in [7, 11) is 0. The van der Waals surface area contributed by atoms with Gasteiger partial charge >= 0.3 is 6.03 Å². The molecule has 1 saturated heterocycles. The lowest BCUT2D eigenvalue weighted by molar-refractivity contribution is -0.134. The minimum Gasteiger partial charge on any atom is -0.323 e. The molecule has 2 N–H and O–H groups in total. The smallest absolute Gasteiger partial charge is 0.323 e. The first kappa shape index (κ1) is 19.8. The Morgan fingerprint density at radius 2 is 1.89 bits per heavy atom. The standard InChI is InChI=1S/C20H19ClFN3O3/c1-3-20(13-5-7-14(22)8-6-13)18(27)25(19(28)24-20)11-17(26)23-16-9-4-12(2)10-15(16)21/h4-10H,3,11H2,1-2H3,(H,23,26)(H,24,28)/t20-/m1/s1. The normalized spacial score (nSPS) is 18.9. The van der Waals surface area contributed by atoms with E-state index in [-0.39, 0.29) is 6.42 Å². The predicted molar refractivity (Wildman–Crippen MR) is 103 cm³/mol. The number of hydrogen-bond acceptors (Lipinski definition) is 3. The van der Waals surface area contributed by atoms with Gasteiger partial charge < -0.3 is 10.6 Å². The highest BCUT2D eigenvalue weighted by Crippen LogP contribution is 2.32. The van der Waals surface area contributed by atoms with E-state index in [2.05, 4.69) is 10.6 Å². The Kier molecular flexibility index (Phi) is 5.38. The van der Waals surface area contributed by atoms with E-state index in [0.29, 0.717) is 16.3 Å². The van der Waals surface area contributed by atoms with Crippen LogP contribution >= 0.6 is 11.6 Å². The second-order valence-electron chi connectivity index (χ2n) is 6.62. The number of hydrogen-bond donors (Lipinski definition) is 2. The molecular weight excluding hydrogens is 385 g/mol. The second-order valence-corrected chi connectivity index (χ2v) is 7.03. The second kappa shape index (κ2) is 7.59. The first-order chi connectivity index (χ1) is 13.3. The summed E-state index contributed by atoms with van der Waals surface area (Å²) in [6.45, 7) is 3.14. The molecule has 2 aromatic rings. The lowest BCUT2D eigenvalue weighted by Gasteiger charge is -2.25. The molecule has 1 heterocycles. The minimum atomic E-state index is -1.33. The van der Waals surface area contributed by atoms with E-state index in [0.717, 1.165) is 10.5 Å². The molecule has 1 aliphatic rings. The number of nitrogens with one attached hydrogen (secondary N) is 2. The maximum absolute atomic E-state index is 13.2. The Hall–Kier alpha value is -2.93. The monoisotopic (exact) mass is 403 g/mol. The fourth-order valence-corrected chi connectivity index (χ4v) is 3.48. The molecule has 3 rings (SSSR count). The third-order valence-corrected chi connectivity index (χ3v) is 5.06. The van der Waals surface area contributed by atoms with Gasteiger partial charge in [0.2, 0.25) is 5.91 Å². The van der Waals surface area contributed by atoms with E-state index < -0.39 is 35.7 Å². The van der Waals surface area contributed by atoms with Crippen molar-refractivity contribution >= 4 is 35.1 Å². The lowest BCUT2D eigenvalue weighted by Crippen LogP contribution is -2.44. The number of benzene rings is 2. The highest BCUT2D eigenvalue weighted by molar-refractivity contribution is 6.33. The Morgan fingerprint density at radius 1 is 1.21 bits per heavy atom. The highest BCUT2D eigenvalue weighted by atomic mass is 35.5. The maximum Gasteiger partial charge on any atom is 0.325 e. The van der Waals surface area contributed by atoms with E-state index in [1.807, 2.05) is 6.92 Å². The third kappa shape index (κ3) is 3.57. The Balaban J connectivity index is 1.79. The van der Waals surface area contributed by atoms with Gasteiger partial charge in [0.05, 0.1) is 10.7 Å². The van der Waals surface area contributed by atoms with Crippen LogP contribution in [0.15, 0.2) is 42.5 Å². The number of anilines is 1. The van der Waals surface area contributed by atoms with Crippen LogP contribution in [0.1, 0.15) is 24.5 Å². The molecule has 0 bridgehead atoms. The van der Waals surface area contributed by atoms with E-state index >= 15 is 0 Å². The van der Waals surface area contributed by atoms with Gasteiger partial charge in [-0.15, -0.1) is 0 Å². The van der Waals surface area contributed by atoms with Gasteiger partial charge in [-0.2, -0.15) is 0 Å². The zero-order valence-electron chi connectivity index (χ0n) is 15.4. The lowest BCUT2D eigenvalue weighted by atomic mass is 9.87. The molecule has 2 aromatic carbocycles. The molecule has 0 saturated carbocycles. The topological polar surface area (TPSA) is 78.5 Å². The summed E-state index contributed by atoms with van der Waals surface area (Å²) in [5.74, 6) is -1.56. The summed E-state index contributed by atoms with van der Waals surface area (Å²) in [4.78, 5) is 38.6. The van der Waals surface area contributed by atoms with Crippen LogP contribution in [0, 0.1) is 12.7 Å². The summed E-state index contributed by atoms with van der Waals surface area (Å²) in [6, 6.07) is 9.80. The highest BCUT2D eigenvalue weighted by Gasteiger charge is 2.51. The largest absolute Gasteiger partial charge is 0.325 e.